The molecule has 0 unspecified atom stereocenters. The fourth-order valence-electron chi connectivity index (χ4n) is 2.86. The number of nitrogens with one attached hydrogen (secondary N) is 1. The number of aliphatic hydroxyl groups is 1. The normalized spacial score (nSPS) is 12.2. The summed E-state index contributed by atoms with van der Waals surface area (Å²) in [5.41, 5.74) is 2.31. The molecule has 0 aliphatic carbocycles. The highest BCUT2D eigenvalue weighted by molar-refractivity contribution is 5.59. The third-order valence-electron chi connectivity index (χ3n) is 4.48. The maximum atomic E-state index is 13.4. The third-order valence-corrected chi connectivity index (χ3v) is 4.48. The minimum Gasteiger partial charge on any atom is -0.460 e. The number of ether oxygens (including phenoxy) is 3. The van der Waals surface area contributed by atoms with Crippen LogP contribution in [-0.2, 0) is 9.47 Å². The van der Waals surface area contributed by atoms with Gasteiger partial charge in [0, 0.05) is 24.9 Å². The molecule has 9 heteroatoms. The monoisotopic (exact) mass is 444 g/mol. The van der Waals surface area contributed by atoms with Crippen LogP contribution in [0, 0.1) is 5.82 Å². The molecular formula is C23H29FN4O4. The van der Waals surface area contributed by atoms with E-state index in [1.807, 2.05) is 38.1 Å². The Morgan fingerprint density at radius 1 is 1.06 bits per heavy atom. The third kappa shape index (κ3) is 6.74. The van der Waals surface area contributed by atoms with Crippen molar-refractivity contribution in [2.75, 3.05) is 38.8 Å². The Balaban J connectivity index is 1.75. The standard InChI is InChI=1S/C23H29FN4O4/c1-16(2)32-15-21(29)14-25-19-8-10-20(11-9-19)28-22(17-4-6-18(24)7-5-17)26-23(27-28)31-13-12-30-3/h4-11,16,21,25,29H,12-15H2,1-3H3/t21-/m0/s1. The average molecular weight is 445 g/mol. The van der Waals surface area contributed by atoms with Gasteiger partial charge in [-0.3, -0.25) is 0 Å². The van der Waals surface area contributed by atoms with Gasteiger partial charge in [-0.25, -0.2) is 9.07 Å². The zero-order valence-corrected chi connectivity index (χ0v) is 18.5. The molecule has 0 radical (unpaired) electrons. The number of aromatic nitrogens is 3. The van der Waals surface area contributed by atoms with Crippen molar-refractivity contribution in [2.45, 2.75) is 26.1 Å². The maximum absolute atomic E-state index is 13.4. The Kier molecular flexibility index (Phi) is 8.55. The largest absolute Gasteiger partial charge is 0.460 e. The quantitative estimate of drug-likeness (QED) is 0.414. The highest BCUT2D eigenvalue weighted by atomic mass is 19.1. The van der Waals surface area contributed by atoms with Gasteiger partial charge in [-0.05, 0) is 62.4 Å². The van der Waals surface area contributed by atoms with Crippen molar-refractivity contribution in [3.05, 3.63) is 54.3 Å². The van der Waals surface area contributed by atoms with Gasteiger partial charge < -0.3 is 24.6 Å². The predicted molar refractivity (Wildman–Crippen MR) is 120 cm³/mol. The molecule has 0 saturated heterocycles. The summed E-state index contributed by atoms with van der Waals surface area (Å²) in [6.45, 7) is 5.22. The summed E-state index contributed by atoms with van der Waals surface area (Å²) in [5, 5.41) is 17.6. The average Bonchev–Trinajstić information content (AvgIpc) is 3.21. The number of anilines is 1. The van der Waals surface area contributed by atoms with Crippen LogP contribution in [0.5, 0.6) is 6.01 Å². The summed E-state index contributed by atoms with van der Waals surface area (Å²) in [5.74, 6) is 0.201. The lowest BCUT2D eigenvalue weighted by Gasteiger charge is -2.15. The van der Waals surface area contributed by atoms with E-state index in [-0.39, 0.29) is 24.5 Å². The van der Waals surface area contributed by atoms with Crippen LogP contribution in [0.2, 0.25) is 0 Å². The van der Waals surface area contributed by atoms with Crippen molar-refractivity contribution in [1.29, 1.82) is 0 Å². The molecule has 0 bridgehead atoms. The molecule has 0 aliphatic heterocycles. The molecule has 0 saturated carbocycles. The number of halogens is 1. The summed E-state index contributed by atoms with van der Waals surface area (Å²) in [4.78, 5) is 4.46. The molecule has 1 atom stereocenters. The van der Waals surface area contributed by atoms with Gasteiger partial charge in [0.2, 0.25) is 0 Å². The van der Waals surface area contributed by atoms with Crippen LogP contribution in [-0.4, -0.2) is 65.6 Å². The minimum absolute atomic E-state index is 0.0743. The van der Waals surface area contributed by atoms with E-state index in [4.69, 9.17) is 14.2 Å². The topological polar surface area (TPSA) is 90.7 Å². The van der Waals surface area contributed by atoms with Crippen LogP contribution in [0.1, 0.15) is 13.8 Å². The van der Waals surface area contributed by atoms with E-state index in [2.05, 4.69) is 15.4 Å². The van der Waals surface area contributed by atoms with Gasteiger partial charge in [-0.15, -0.1) is 5.10 Å². The summed E-state index contributed by atoms with van der Waals surface area (Å²) < 4.78 is 31.0. The SMILES string of the molecule is COCCOc1nc(-c2ccc(F)cc2)n(-c2ccc(NC[C@H](O)COC(C)C)cc2)n1. The van der Waals surface area contributed by atoms with Gasteiger partial charge in [-0.1, -0.05) is 0 Å². The van der Waals surface area contributed by atoms with Gasteiger partial charge in [0.1, 0.15) is 12.4 Å². The fraction of sp³-hybridized carbons (Fsp3) is 0.391. The van der Waals surface area contributed by atoms with Gasteiger partial charge in [0.25, 0.3) is 0 Å². The first kappa shape index (κ1) is 23.6. The zero-order chi connectivity index (χ0) is 22.9. The number of aliphatic hydroxyl groups excluding tert-OH is 1. The number of rotatable bonds is 12. The molecule has 0 spiro atoms. The molecule has 1 heterocycles. The van der Waals surface area contributed by atoms with Gasteiger partial charge in [-0.2, -0.15) is 4.98 Å². The fourth-order valence-corrected chi connectivity index (χ4v) is 2.86. The van der Waals surface area contributed by atoms with E-state index in [0.717, 1.165) is 11.4 Å². The first-order chi connectivity index (χ1) is 15.5. The van der Waals surface area contributed by atoms with Crippen LogP contribution >= 0.6 is 0 Å². The van der Waals surface area contributed by atoms with E-state index >= 15 is 0 Å². The Labute approximate surface area is 187 Å². The summed E-state index contributed by atoms with van der Waals surface area (Å²) >= 11 is 0. The van der Waals surface area contributed by atoms with Gasteiger partial charge in [0.15, 0.2) is 5.82 Å². The Bertz CT molecular complexity index is 961. The van der Waals surface area contributed by atoms with Crippen molar-refractivity contribution in [1.82, 2.24) is 14.8 Å². The Morgan fingerprint density at radius 2 is 1.78 bits per heavy atom. The smallest absolute Gasteiger partial charge is 0.336 e. The molecule has 3 rings (SSSR count). The molecule has 0 amide bonds. The van der Waals surface area contributed by atoms with Crippen LogP contribution < -0.4 is 10.1 Å². The predicted octanol–water partition coefficient (Wildman–Crippen LogP) is 3.30. The second-order valence-corrected chi connectivity index (χ2v) is 7.44. The molecule has 2 N–H and O–H groups in total. The van der Waals surface area contributed by atoms with E-state index in [1.54, 1.807) is 23.9 Å². The van der Waals surface area contributed by atoms with Crippen molar-refractivity contribution >= 4 is 5.69 Å². The number of hydrogen-bond donors (Lipinski definition) is 2. The second kappa shape index (κ2) is 11.6. The lowest BCUT2D eigenvalue weighted by molar-refractivity contribution is 0.0112. The Morgan fingerprint density at radius 3 is 2.44 bits per heavy atom. The molecule has 8 nitrogen and oxygen atoms in total. The van der Waals surface area contributed by atoms with Crippen LogP contribution in [0.4, 0.5) is 10.1 Å². The van der Waals surface area contributed by atoms with E-state index < -0.39 is 6.10 Å². The number of hydrogen-bond acceptors (Lipinski definition) is 7. The van der Waals surface area contributed by atoms with Gasteiger partial charge in [0.05, 0.1) is 31.1 Å². The van der Waals surface area contributed by atoms with E-state index in [9.17, 15) is 9.50 Å². The molecular weight excluding hydrogens is 415 g/mol. The van der Waals surface area contributed by atoms with Crippen molar-refractivity contribution in [3.8, 4) is 23.1 Å². The number of nitrogens with zero attached hydrogens (tertiary/aromatic N) is 3. The molecule has 2 aromatic carbocycles. The first-order valence-electron chi connectivity index (χ1n) is 10.4. The Hall–Kier alpha value is -3.01. The molecule has 0 fully saturated rings. The molecule has 1 aromatic heterocycles. The first-order valence-corrected chi connectivity index (χ1v) is 10.4. The minimum atomic E-state index is -0.607. The molecule has 0 aliphatic rings. The van der Waals surface area contributed by atoms with E-state index in [0.29, 0.717) is 31.1 Å². The molecule has 3 aromatic rings. The van der Waals surface area contributed by atoms with Crippen molar-refractivity contribution in [3.63, 3.8) is 0 Å². The van der Waals surface area contributed by atoms with Gasteiger partial charge >= 0.3 is 6.01 Å². The molecule has 32 heavy (non-hydrogen) atoms. The lowest BCUT2D eigenvalue weighted by Crippen LogP contribution is -2.26. The van der Waals surface area contributed by atoms with Crippen LogP contribution in [0.25, 0.3) is 17.1 Å². The molecule has 172 valence electrons. The highest BCUT2D eigenvalue weighted by Gasteiger charge is 2.15. The number of methoxy groups -OCH3 is 1. The highest BCUT2D eigenvalue weighted by Crippen LogP contribution is 2.24. The van der Waals surface area contributed by atoms with Crippen LogP contribution in [0.3, 0.4) is 0 Å². The maximum Gasteiger partial charge on any atom is 0.336 e. The summed E-state index contributed by atoms with van der Waals surface area (Å²) in [6, 6.07) is 13.8. The van der Waals surface area contributed by atoms with Crippen LogP contribution in [0.15, 0.2) is 48.5 Å². The summed E-state index contributed by atoms with van der Waals surface area (Å²) in [7, 11) is 1.59. The zero-order valence-electron chi connectivity index (χ0n) is 18.5. The summed E-state index contributed by atoms with van der Waals surface area (Å²) in [6.07, 6.45) is -0.533. The lowest BCUT2D eigenvalue weighted by atomic mass is 10.2. The number of benzene rings is 2. The van der Waals surface area contributed by atoms with Crippen molar-refractivity contribution < 1.29 is 23.7 Å². The second-order valence-electron chi connectivity index (χ2n) is 7.44. The van der Waals surface area contributed by atoms with E-state index in [1.165, 1.54) is 12.1 Å². The van der Waals surface area contributed by atoms with Crippen molar-refractivity contribution in [2.24, 2.45) is 0 Å².